The number of carboxylic acid groups (broad SMARTS) is 1. The van der Waals surface area contributed by atoms with Gasteiger partial charge < -0.3 is 5.11 Å². The van der Waals surface area contributed by atoms with Gasteiger partial charge in [0.15, 0.2) is 0 Å². The van der Waals surface area contributed by atoms with Crippen molar-refractivity contribution < 1.29 is 18.3 Å². The predicted octanol–water partition coefficient (Wildman–Crippen LogP) is 2.49. The predicted molar refractivity (Wildman–Crippen MR) is 81.9 cm³/mol. The van der Waals surface area contributed by atoms with Gasteiger partial charge in [-0.2, -0.15) is 4.31 Å². The van der Waals surface area contributed by atoms with E-state index in [1.54, 1.807) is 32.9 Å². The van der Waals surface area contributed by atoms with Crippen LogP contribution >= 0.6 is 0 Å². The lowest BCUT2D eigenvalue weighted by atomic mass is 10.1. The number of hydrogen-bond donors (Lipinski definition) is 1. The molecule has 0 radical (unpaired) electrons. The molecule has 0 bridgehead atoms. The normalized spacial score (nSPS) is 12.7. The van der Waals surface area contributed by atoms with Crippen LogP contribution in [0.2, 0.25) is 0 Å². The SMILES string of the molecule is CCN(C(C)(C)C(=O)O)S(=O)(=O)c1c(C)cc(C)cc1C. The van der Waals surface area contributed by atoms with E-state index in [-0.39, 0.29) is 11.4 Å². The molecule has 0 aliphatic carbocycles. The van der Waals surface area contributed by atoms with E-state index in [4.69, 9.17) is 0 Å². The van der Waals surface area contributed by atoms with Gasteiger partial charge in [0.2, 0.25) is 10.0 Å². The van der Waals surface area contributed by atoms with Crippen LogP contribution in [-0.2, 0) is 14.8 Å². The summed E-state index contributed by atoms with van der Waals surface area (Å²) in [6.45, 7) is 9.89. The van der Waals surface area contributed by atoms with Crippen molar-refractivity contribution in [3.05, 3.63) is 28.8 Å². The molecular formula is C15H23NO4S. The molecule has 0 aromatic heterocycles. The first-order chi connectivity index (χ1) is 9.46. The summed E-state index contributed by atoms with van der Waals surface area (Å²) >= 11 is 0. The molecule has 0 amide bonds. The fraction of sp³-hybridized carbons (Fsp3) is 0.533. The Morgan fingerprint density at radius 3 is 1.95 bits per heavy atom. The zero-order chi connectivity index (χ0) is 16.6. The topological polar surface area (TPSA) is 74.7 Å². The van der Waals surface area contributed by atoms with Gasteiger partial charge >= 0.3 is 5.97 Å². The van der Waals surface area contributed by atoms with Gasteiger partial charge in [-0.05, 0) is 45.7 Å². The average molecular weight is 313 g/mol. The highest BCUT2D eigenvalue weighted by Gasteiger charge is 2.42. The van der Waals surface area contributed by atoms with Crippen LogP contribution in [-0.4, -0.2) is 35.9 Å². The van der Waals surface area contributed by atoms with Crippen LogP contribution in [0.5, 0.6) is 0 Å². The third-order valence-electron chi connectivity index (χ3n) is 3.59. The maximum absolute atomic E-state index is 12.9. The minimum Gasteiger partial charge on any atom is -0.480 e. The number of nitrogens with zero attached hydrogens (tertiary/aromatic N) is 1. The van der Waals surface area contributed by atoms with Crippen molar-refractivity contribution >= 4 is 16.0 Å². The third-order valence-corrected chi connectivity index (χ3v) is 6.04. The van der Waals surface area contributed by atoms with Gasteiger partial charge in [-0.15, -0.1) is 0 Å². The molecule has 1 aromatic carbocycles. The second-order valence-corrected chi connectivity index (χ2v) is 7.56. The highest BCUT2D eigenvalue weighted by atomic mass is 32.2. The Kier molecular flexibility index (Phi) is 4.85. The molecule has 0 spiro atoms. The zero-order valence-electron chi connectivity index (χ0n) is 13.4. The van der Waals surface area contributed by atoms with E-state index in [1.165, 1.54) is 13.8 Å². The molecule has 1 rings (SSSR count). The van der Waals surface area contributed by atoms with E-state index in [9.17, 15) is 18.3 Å². The number of likely N-dealkylation sites (N-methyl/N-ethyl adjacent to an activating group) is 1. The summed E-state index contributed by atoms with van der Waals surface area (Å²) in [6, 6.07) is 3.59. The molecule has 0 aliphatic rings. The Balaban J connectivity index is 3.57. The molecule has 0 fully saturated rings. The van der Waals surface area contributed by atoms with E-state index < -0.39 is 21.5 Å². The molecule has 21 heavy (non-hydrogen) atoms. The summed E-state index contributed by atoms with van der Waals surface area (Å²) in [4.78, 5) is 11.6. The molecule has 5 nitrogen and oxygen atoms in total. The highest BCUT2D eigenvalue weighted by molar-refractivity contribution is 7.89. The van der Waals surface area contributed by atoms with Crippen LogP contribution < -0.4 is 0 Å². The van der Waals surface area contributed by atoms with Gasteiger partial charge in [-0.1, -0.05) is 24.6 Å². The molecular weight excluding hydrogens is 290 g/mol. The molecule has 0 unspecified atom stereocenters. The van der Waals surface area contributed by atoms with Crippen molar-refractivity contribution in [1.82, 2.24) is 4.31 Å². The minimum atomic E-state index is -3.88. The Hall–Kier alpha value is -1.40. The number of rotatable bonds is 5. The smallest absolute Gasteiger partial charge is 0.324 e. The first kappa shape index (κ1) is 17.7. The molecule has 0 aliphatic heterocycles. The first-order valence-electron chi connectivity index (χ1n) is 6.80. The van der Waals surface area contributed by atoms with Gasteiger partial charge in [0.1, 0.15) is 5.54 Å². The lowest BCUT2D eigenvalue weighted by Crippen LogP contribution is -2.52. The minimum absolute atomic E-state index is 0.0917. The second kappa shape index (κ2) is 5.77. The first-order valence-corrected chi connectivity index (χ1v) is 8.24. The molecule has 6 heteroatoms. The standard InChI is InChI=1S/C15H23NO4S/c1-7-16(15(5,6)14(17)18)21(19,20)13-11(3)8-10(2)9-12(13)4/h8-9H,7H2,1-6H3,(H,17,18). The summed E-state index contributed by atoms with van der Waals surface area (Å²) in [6.07, 6.45) is 0. The van der Waals surface area contributed by atoms with Crippen LogP contribution in [0.15, 0.2) is 17.0 Å². The summed E-state index contributed by atoms with van der Waals surface area (Å²) in [5.41, 5.74) is 0.737. The molecule has 1 N–H and O–H groups in total. The molecule has 0 heterocycles. The average Bonchev–Trinajstić information content (AvgIpc) is 2.26. The Morgan fingerprint density at radius 1 is 1.19 bits per heavy atom. The quantitative estimate of drug-likeness (QED) is 0.906. The van der Waals surface area contributed by atoms with E-state index in [1.807, 2.05) is 6.92 Å². The molecule has 0 atom stereocenters. The van der Waals surface area contributed by atoms with Gasteiger partial charge in [-0.25, -0.2) is 8.42 Å². The van der Waals surface area contributed by atoms with Crippen molar-refractivity contribution in [2.24, 2.45) is 0 Å². The number of aryl methyl sites for hydroxylation is 3. The maximum atomic E-state index is 12.9. The van der Waals surface area contributed by atoms with E-state index in [0.29, 0.717) is 11.1 Å². The summed E-state index contributed by atoms with van der Waals surface area (Å²) in [7, 11) is -3.88. The number of benzene rings is 1. The molecule has 0 saturated carbocycles. The van der Waals surface area contributed by atoms with Gasteiger partial charge in [0, 0.05) is 6.54 Å². The maximum Gasteiger partial charge on any atom is 0.324 e. The zero-order valence-corrected chi connectivity index (χ0v) is 14.2. The summed E-state index contributed by atoms with van der Waals surface area (Å²) in [5.74, 6) is -1.17. The Bertz CT molecular complexity index is 639. The summed E-state index contributed by atoms with van der Waals surface area (Å²) < 4.78 is 26.9. The molecule has 118 valence electrons. The Morgan fingerprint density at radius 2 is 1.62 bits per heavy atom. The number of hydrogen-bond acceptors (Lipinski definition) is 3. The van der Waals surface area contributed by atoms with Crippen molar-refractivity contribution in [3.8, 4) is 0 Å². The van der Waals surface area contributed by atoms with Crippen LogP contribution in [0.25, 0.3) is 0 Å². The lowest BCUT2D eigenvalue weighted by Gasteiger charge is -2.33. The number of carbonyl (C=O) groups is 1. The van der Waals surface area contributed by atoms with Crippen LogP contribution in [0.3, 0.4) is 0 Å². The van der Waals surface area contributed by atoms with Crippen molar-refractivity contribution in [1.29, 1.82) is 0 Å². The fourth-order valence-electron chi connectivity index (χ4n) is 2.66. The number of aliphatic carboxylic acids is 1. The van der Waals surface area contributed by atoms with Crippen LogP contribution in [0.1, 0.15) is 37.5 Å². The van der Waals surface area contributed by atoms with Gasteiger partial charge in [0.05, 0.1) is 4.90 Å². The fourth-order valence-corrected chi connectivity index (χ4v) is 4.83. The van der Waals surface area contributed by atoms with Crippen molar-refractivity contribution in [2.45, 2.75) is 52.0 Å². The largest absolute Gasteiger partial charge is 0.480 e. The van der Waals surface area contributed by atoms with Gasteiger partial charge in [-0.3, -0.25) is 4.79 Å². The summed E-state index contributed by atoms with van der Waals surface area (Å²) in [5, 5.41) is 9.33. The van der Waals surface area contributed by atoms with Crippen molar-refractivity contribution in [2.75, 3.05) is 6.54 Å². The number of sulfonamides is 1. The van der Waals surface area contributed by atoms with Gasteiger partial charge in [0.25, 0.3) is 0 Å². The Labute approximate surface area is 126 Å². The third kappa shape index (κ3) is 3.11. The van der Waals surface area contributed by atoms with E-state index in [2.05, 4.69) is 0 Å². The van der Waals surface area contributed by atoms with Crippen LogP contribution in [0, 0.1) is 20.8 Å². The van der Waals surface area contributed by atoms with E-state index >= 15 is 0 Å². The van der Waals surface area contributed by atoms with E-state index in [0.717, 1.165) is 9.87 Å². The molecule has 1 aromatic rings. The van der Waals surface area contributed by atoms with Crippen molar-refractivity contribution in [3.63, 3.8) is 0 Å². The molecule has 0 saturated heterocycles. The monoisotopic (exact) mass is 313 g/mol. The highest BCUT2D eigenvalue weighted by Crippen LogP contribution is 2.29. The number of carboxylic acids is 1. The second-order valence-electron chi connectivity index (χ2n) is 5.76. The van der Waals surface area contributed by atoms with Crippen LogP contribution in [0.4, 0.5) is 0 Å². The lowest BCUT2D eigenvalue weighted by molar-refractivity contribution is -0.146.